The molecule has 0 atom stereocenters. The lowest BCUT2D eigenvalue weighted by Gasteiger charge is -2.00. The topological polar surface area (TPSA) is 95.0 Å². The number of hydrogen-bond acceptors (Lipinski definition) is 4. The number of nitrogens with zero attached hydrogens (tertiary/aromatic N) is 2. The second-order valence-electron chi connectivity index (χ2n) is 4.27. The molecule has 3 N–H and O–H groups in total. The molecule has 0 unspecified atom stereocenters. The van der Waals surface area contributed by atoms with Crippen LogP contribution in [0.25, 0.3) is 21.9 Å². The van der Waals surface area contributed by atoms with Crippen molar-refractivity contribution in [1.82, 2.24) is 14.2 Å². The average molecular weight is 260 g/mol. The van der Waals surface area contributed by atoms with Crippen molar-refractivity contribution in [1.29, 1.82) is 0 Å². The number of hydrogen-bond donors (Lipinski definition) is 2. The van der Waals surface area contributed by atoms with Gasteiger partial charge in [0.15, 0.2) is 0 Å². The summed E-state index contributed by atoms with van der Waals surface area (Å²) >= 11 is 0. The van der Waals surface area contributed by atoms with E-state index in [0.717, 1.165) is 10.9 Å². The minimum atomic E-state index is -0.646. The van der Waals surface area contributed by atoms with Gasteiger partial charge in [-0.2, -0.15) is 4.68 Å². The normalized spacial score (nSPS) is 11.3. The zero-order valence-corrected chi connectivity index (χ0v) is 10.4. The lowest BCUT2D eigenvalue weighted by molar-refractivity contribution is 0.415. The first-order valence-corrected chi connectivity index (χ1v) is 5.61. The molecule has 0 fully saturated rings. The third kappa shape index (κ3) is 1.38. The number of fused-ring (bicyclic) bond motifs is 3. The fourth-order valence-electron chi connectivity index (χ4n) is 2.30. The molecular weight excluding hydrogens is 248 g/mol. The van der Waals surface area contributed by atoms with Crippen molar-refractivity contribution in [3.63, 3.8) is 0 Å². The van der Waals surface area contributed by atoms with Crippen molar-refractivity contribution in [2.24, 2.45) is 7.05 Å². The van der Waals surface area contributed by atoms with Crippen molar-refractivity contribution in [2.45, 2.75) is 0 Å². The zero-order chi connectivity index (χ0) is 13.7. The van der Waals surface area contributed by atoms with Crippen LogP contribution in [-0.2, 0) is 7.05 Å². The Balaban J connectivity index is 2.65. The highest BCUT2D eigenvalue weighted by Crippen LogP contribution is 2.27. The van der Waals surface area contributed by atoms with Gasteiger partial charge in [0, 0.05) is 12.4 Å². The van der Waals surface area contributed by atoms with Crippen molar-refractivity contribution < 1.29 is 4.74 Å². The monoisotopic (exact) mass is 260 g/mol. The van der Waals surface area contributed by atoms with E-state index in [4.69, 9.17) is 10.6 Å². The molecule has 2 aromatic heterocycles. The summed E-state index contributed by atoms with van der Waals surface area (Å²) in [5, 5.41) is 0.742. The number of benzene rings is 1. The summed E-state index contributed by atoms with van der Waals surface area (Å²) < 4.78 is 7.42. The molecule has 3 aromatic rings. The number of aromatic amines is 1. The van der Waals surface area contributed by atoms with E-state index in [-0.39, 0.29) is 0 Å². The number of nitrogens with two attached hydrogens (primary N) is 1. The summed E-state index contributed by atoms with van der Waals surface area (Å²) in [6.07, 6.45) is 0. The van der Waals surface area contributed by atoms with Gasteiger partial charge < -0.3 is 20.1 Å². The van der Waals surface area contributed by atoms with Crippen molar-refractivity contribution in [3.05, 3.63) is 39.0 Å². The average Bonchev–Trinajstić information content (AvgIpc) is 2.69. The number of methoxy groups -OCH3 is 1. The van der Waals surface area contributed by atoms with Crippen LogP contribution >= 0.6 is 0 Å². The Morgan fingerprint density at radius 3 is 2.74 bits per heavy atom. The summed E-state index contributed by atoms with van der Waals surface area (Å²) in [5.74, 6) is 6.07. The molecule has 1 aromatic carbocycles. The third-order valence-corrected chi connectivity index (χ3v) is 3.28. The summed E-state index contributed by atoms with van der Waals surface area (Å²) in [7, 11) is 3.30. The van der Waals surface area contributed by atoms with E-state index < -0.39 is 11.2 Å². The van der Waals surface area contributed by atoms with Crippen LogP contribution in [0.4, 0.5) is 0 Å². The maximum absolute atomic E-state index is 12.1. The van der Waals surface area contributed by atoms with E-state index in [2.05, 4.69) is 4.98 Å². The van der Waals surface area contributed by atoms with E-state index in [1.54, 1.807) is 30.9 Å². The van der Waals surface area contributed by atoms with Crippen LogP contribution in [-0.4, -0.2) is 21.3 Å². The van der Waals surface area contributed by atoms with Gasteiger partial charge in [-0.1, -0.05) is 0 Å². The van der Waals surface area contributed by atoms with E-state index >= 15 is 0 Å². The molecule has 0 radical (unpaired) electrons. The molecule has 3 rings (SSSR count). The molecule has 19 heavy (non-hydrogen) atoms. The van der Waals surface area contributed by atoms with Crippen molar-refractivity contribution in [3.8, 4) is 5.75 Å². The third-order valence-electron chi connectivity index (χ3n) is 3.28. The second-order valence-corrected chi connectivity index (χ2v) is 4.27. The van der Waals surface area contributed by atoms with Crippen molar-refractivity contribution in [2.75, 3.05) is 13.0 Å². The molecule has 98 valence electrons. The number of aromatic nitrogens is 3. The molecule has 0 aliphatic heterocycles. The largest absolute Gasteiger partial charge is 0.497 e. The van der Waals surface area contributed by atoms with Gasteiger partial charge in [0.25, 0.3) is 5.56 Å². The standard InChI is InChI=1S/C12H12N4O3/c1-15-8-4-3-6(19-2)5-7(8)9-10(15)11(17)16(13)12(18)14-9/h3-5H,13H2,1-2H3,(H,14,18). The first-order valence-electron chi connectivity index (χ1n) is 5.61. The highest BCUT2D eigenvalue weighted by Gasteiger charge is 2.15. The second kappa shape index (κ2) is 3.64. The highest BCUT2D eigenvalue weighted by atomic mass is 16.5. The zero-order valence-electron chi connectivity index (χ0n) is 10.4. The van der Waals surface area contributed by atoms with Gasteiger partial charge in [-0.25, -0.2) is 4.79 Å². The molecule has 0 saturated heterocycles. The SMILES string of the molecule is COc1ccc2c(c1)c1[nH]c(=O)n(N)c(=O)c1n2C. The Morgan fingerprint density at radius 1 is 1.32 bits per heavy atom. The Kier molecular flexibility index (Phi) is 2.19. The lowest BCUT2D eigenvalue weighted by atomic mass is 10.2. The van der Waals surface area contributed by atoms with Gasteiger partial charge in [0.2, 0.25) is 0 Å². The fourth-order valence-corrected chi connectivity index (χ4v) is 2.30. The Morgan fingerprint density at radius 2 is 2.05 bits per heavy atom. The molecule has 2 heterocycles. The van der Waals surface area contributed by atoms with E-state index in [1.165, 1.54) is 0 Å². The quantitative estimate of drug-likeness (QED) is 0.597. The molecule has 0 bridgehead atoms. The van der Waals surface area contributed by atoms with Gasteiger partial charge in [-0.3, -0.25) is 4.79 Å². The Labute approximate surface area is 106 Å². The number of H-pyrrole nitrogens is 1. The first-order chi connectivity index (χ1) is 9.04. The van der Waals surface area contributed by atoms with Gasteiger partial charge in [-0.15, -0.1) is 0 Å². The molecule has 7 heteroatoms. The van der Waals surface area contributed by atoms with E-state index in [0.29, 0.717) is 21.5 Å². The number of aryl methyl sites for hydroxylation is 1. The van der Waals surface area contributed by atoms with E-state index in [1.807, 2.05) is 6.07 Å². The molecule has 0 spiro atoms. The Hall–Kier alpha value is -2.70. The van der Waals surface area contributed by atoms with Gasteiger partial charge in [0.05, 0.1) is 18.1 Å². The highest BCUT2D eigenvalue weighted by molar-refractivity contribution is 6.05. The maximum Gasteiger partial charge on any atom is 0.347 e. The van der Waals surface area contributed by atoms with Crippen molar-refractivity contribution >= 4 is 21.9 Å². The molecule has 0 saturated carbocycles. The van der Waals surface area contributed by atoms with Crippen LogP contribution in [0.3, 0.4) is 0 Å². The first kappa shape index (κ1) is 11.4. The molecular formula is C12H12N4O3. The molecule has 0 amide bonds. The predicted molar refractivity (Wildman–Crippen MR) is 72.0 cm³/mol. The minimum Gasteiger partial charge on any atom is -0.497 e. The number of nitrogens with one attached hydrogen (secondary N) is 1. The number of nitrogen functional groups attached to an aromatic ring is 1. The summed E-state index contributed by atoms with van der Waals surface area (Å²) in [5.41, 5.74) is 0.456. The fraction of sp³-hybridized carbons (Fsp3) is 0.167. The van der Waals surface area contributed by atoms with Gasteiger partial charge in [0.1, 0.15) is 11.3 Å². The maximum atomic E-state index is 12.1. The van der Waals surface area contributed by atoms with Crippen LogP contribution in [0.5, 0.6) is 5.75 Å². The predicted octanol–water partition coefficient (Wildman–Crippen LogP) is -0.0961. The van der Waals surface area contributed by atoms with Crippen LogP contribution < -0.4 is 21.8 Å². The smallest absolute Gasteiger partial charge is 0.347 e. The number of rotatable bonds is 1. The lowest BCUT2D eigenvalue weighted by Crippen LogP contribution is -2.40. The van der Waals surface area contributed by atoms with Crippen LogP contribution in [0.2, 0.25) is 0 Å². The van der Waals surface area contributed by atoms with Crippen LogP contribution in [0.15, 0.2) is 27.8 Å². The van der Waals surface area contributed by atoms with Crippen LogP contribution in [0, 0.1) is 0 Å². The Bertz CT molecular complexity index is 916. The summed E-state index contributed by atoms with van der Waals surface area (Å²) in [6.45, 7) is 0. The van der Waals surface area contributed by atoms with Gasteiger partial charge >= 0.3 is 5.69 Å². The summed E-state index contributed by atoms with van der Waals surface area (Å²) in [4.78, 5) is 26.3. The van der Waals surface area contributed by atoms with E-state index in [9.17, 15) is 9.59 Å². The molecule has 0 aliphatic rings. The van der Waals surface area contributed by atoms with Crippen LogP contribution in [0.1, 0.15) is 0 Å². The van der Waals surface area contributed by atoms with Gasteiger partial charge in [-0.05, 0) is 18.2 Å². The minimum absolute atomic E-state index is 0.352. The number of ether oxygens (including phenoxy) is 1. The summed E-state index contributed by atoms with van der Waals surface area (Å²) in [6, 6.07) is 5.39. The molecule has 7 nitrogen and oxygen atoms in total. The molecule has 0 aliphatic carbocycles.